The maximum Gasteiger partial charge on any atom is 0.186 e. The molecule has 1 fully saturated rings. The van der Waals surface area contributed by atoms with Crippen LogP contribution in [0.3, 0.4) is 0 Å². The minimum Gasteiger partial charge on any atom is -0.348 e. The highest BCUT2D eigenvalue weighted by Gasteiger charge is 2.23. The van der Waals surface area contributed by atoms with Gasteiger partial charge in [-0.05, 0) is 24.7 Å². The fraction of sp³-hybridized carbons (Fsp3) is 0.733. The Kier molecular flexibility index (Phi) is 4.97. The third-order valence-electron chi connectivity index (χ3n) is 3.91. The van der Waals surface area contributed by atoms with Gasteiger partial charge in [-0.2, -0.15) is 0 Å². The first kappa shape index (κ1) is 14.5. The highest BCUT2D eigenvalue weighted by atomic mass is 32.1. The van der Waals surface area contributed by atoms with Crippen molar-refractivity contribution in [3.63, 3.8) is 0 Å². The molecular formula is C15H24N2OS. The van der Waals surface area contributed by atoms with Crippen LogP contribution in [0.4, 0.5) is 5.13 Å². The summed E-state index contributed by atoms with van der Waals surface area (Å²) in [6, 6.07) is 0. The van der Waals surface area contributed by atoms with Gasteiger partial charge in [0.05, 0.1) is 10.6 Å². The highest BCUT2D eigenvalue weighted by Crippen LogP contribution is 2.32. The number of nitrogens with zero attached hydrogens (tertiary/aromatic N) is 2. The molecule has 19 heavy (non-hydrogen) atoms. The lowest BCUT2D eigenvalue weighted by Crippen LogP contribution is -2.33. The lowest BCUT2D eigenvalue weighted by atomic mass is 9.93. The molecule has 0 radical (unpaired) electrons. The first-order valence-electron chi connectivity index (χ1n) is 7.36. The van der Waals surface area contributed by atoms with Crippen molar-refractivity contribution in [2.45, 2.75) is 52.4 Å². The average Bonchev–Trinajstić information content (AvgIpc) is 2.84. The minimum atomic E-state index is 0.322. The monoisotopic (exact) mass is 280 g/mol. The zero-order chi connectivity index (χ0) is 13.8. The number of carbonyl (C=O) groups excluding carboxylic acids is 1. The van der Waals surface area contributed by atoms with Gasteiger partial charge in [0.1, 0.15) is 0 Å². The molecule has 0 aromatic carbocycles. The smallest absolute Gasteiger partial charge is 0.186 e. The summed E-state index contributed by atoms with van der Waals surface area (Å²) in [4.78, 5) is 19.0. The van der Waals surface area contributed by atoms with Crippen molar-refractivity contribution in [1.82, 2.24) is 4.98 Å². The molecule has 1 saturated heterocycles. The fourth-order valence-corrected chi connectivity index (χ4v) is 3.87. The SMILES string of the molecule is CCCC1CCN(c2nc(C(C)C)c(C=O)s2)CC1. The first-order chi connectivity index (χ1) is 9.15. The number of rotatable bonds is 5. The molecule has 2 rings (SSSR count). The molecule has 0 amide bonds. The van der Waals surface area contributed by atoms with E-state index in [-0.39, 0.29) is 0 Å². The molecule has 2 heterocycles. The molecule has 4 heteroatoms. The Labute approximate surface area is 120 Å². The lowest BCUT2D eigenvalue weighted by molar-refractivity contribution is 0.112. The van der Waals surface area contributed by atoms with Crippen molar-refractivity contribution in [3.8, 4) is 0 Å². The summed E-state index contributed by atoms with van der Waals surface area (Å²) in [6.45, 7) is 8.64. The lowest BCUT2D eigenvalue weighted by Gasteiger charge is -2.31. The summed E-state index contributed by atoms with van der Waals surface area (Å²) in [7, 11) is 0. The van der Waals surface area contributed by atoms with Crippen LogP contribution in [0.15, 0.2) is 0 Å². The Morgan fingerprint density at radius 1 is 1.42 bits per heavy atom. The largest absolute Gasteiger partial charge is 0.348 e. The van der Waals surface area contributed by atoms with Gasteiger partial charge in [0.25, 0.3) is 0 Å². The third kappa shape index (κ3) is 3.35. The normalized spacial score (nSPS) is 17.2. The molecule has 0 N–H and O–H groups in total. The van der Waals surface area contributed by atoms with E-state index < -0.39 is 0 Å². The molecule has 0 bridgehead atoms. The van der Waals surface area contributed by atoms with E-state index in [1.807, 2.05) is 0 Å². The van der Waals surface area contributed by atoms with Crippen LogP contribution in [0.25, 0.3) is 0 Å². The number of aromatic nitrogens is 1. The number of carbonyl (C=O) groups is 1. The van der Waals surface area contributed by atoms with Crippen LogP contribution < -0.4 is 4.90 Å². The molecule has 1 aliphatic rings. The number of aldehydes is 1. The summed E-state index contributed by atoms with van der Waals surface area (Å²) in [5.74, 6) is 1.21. The zero-order valence-electron chi connectivity index (χ0n) is 12.2. The van der Waals surface area contributed by atoms with E-state index in [2.05, 4.69) is 30.7 Å². The van der Waals surface area contributed by atoms with Crippen LogP contribution >= 0.6 is 11.3 Å². The zero-order valence-corrected chi connectivity index (χ0v) is 13.0. The standard InChI is InChI=1S/C15H24N2OS/c1-4-5-12-6-8-17(9-7-12)15-16-14(11(2)3)13(10-18)19-15/h10-12H,4-9H2,1-3H3. The second-order valence-electron chi connectivity index (χ2n) is 5.74. The van der Waals surface area contributed by atoms with E-state index in [1.54, 1.807) is 11.3 Å². The van der Waals surface area contributed by atoms with Crippen molar-refractivity contribution in [1.29, 1.82) is 0 Å². The number of hydrogen-bond acceptors (Lipinski definition) is 4. The van der Waals surface area contributed by atoms with Gasteiger partial charge in [-0.3, -0.25) is 4.79 Å². The van der Waals surface area contributed by atoms with Crippen LogP contribution in [-0.2, 0) is 0 Å². The predicted octanol–water partition coefficient (Wildman–Crippen LogP) is 4.10. The van der Waals surface area contributed by atoms with E-state index >= 15 is 0 Å². The molecule has 0 saturated carbocycles. The van der Waals surface area contributed by atoms with Crippen molar-refractivity contribution < 1.29 is 4.79 Å². The van der Waals surface area contributed by atoms with Gasteiger partial charge in [0, 0.05) is 13.1 Å². The van der Waals surface area contributed by atoms with Gasteiger partial charge in [-0.25, -0.2) is 4.98 Å². The van der Waals surface area contributed by atoms with Gasteiger partial charge in [-0.15, -0.1) is 0 Å². The van der Waals surface area contributed by atoms with Gasteiger partial charge in [0.15, 0.2) is 11.4 Å². The Morgan fingerprint density at radius 3 is 2.58 bits per heavy atom. The summed E-state index contributed by atoms with van der Waals surface area (Å²) in [5, 5.41) is 1.04. The van der Waals surface area contributed by atoms with E-state index in [4.69, 9.17) is 0 Å². The number of thiazole rings is 1. The molecular weight excluding hydrogens is 256 g/mol. The Bertz CT molecular complexity index is 420. The highest BCUT2D eigenvalue weighted by molar-refractivity contribution is 7.17. The van der Waals surface area contributed by atoms with E-state index in [1.165, 1.54) is 25.7 Å². The average molecular weight is 280 g/mol. The quantitative estimate of drug-likeness (QED) is 0.761. The molecule has 0 aliphatic carbocycles. The molecule has 1 aromatic heterocycles. The summed E-state index contributed by atoms with van der Waals surface area (Å²) >= 11 is 1.56. The summed E-state index contributed by atoms with van der Waals surface area (Å²) in [6.07, 6.45) is 6.12. The van der Waals surface area contributed by atoms with Gasteiger partial charge in [-0.1, -0.05) is 44.9 Å². The van der Waals surface area contributed by atoms with E-state index in [9.17, 15) is 4.79 Å². The van der Waals surface area contributed by atoms with E-state index in [0.717, 1.165) is 41.0 Å². The van der Waals surface area contributed by atoms with Crippen molar-refractivity contribution in [2.75, 3.05) is 18.0 Å². The van der Waals surface area contributed by atoms with Crippen LogP contribution in [-0.4, -0.2) is 24.4 Å². The summed E-state index contributed by atoms with van der Waals surface area (Å²) in [5.41, 5.74) is 0.964. The minimum absolute atomic E-state index is 0.322. The van der Waals surface area contributed by atoms with Gasteiger partial charge >= 0.3 is 0 Å². The molecule has 0 atom stereocenters. The molecule has 1 aromatic rings. The summed E-state index contributed by atoms with van der Waals surface area (Å²) < 4.78 is 0. The van der Waals surface area contributed by atoms with Crippen LogP contribution in [0.2, 0.25) is 0 Å². The third-order valence-corrected chi connectivity index (χ3v) is 4.96. The van der Waals surface area contributed by atoms with Crippen molar-refractivity contribution in [2.24, 2.45) is 5.92 Å². The second kappa shape index (κ2) is 6.51. The number of hydrogen-bond donors (Lipinski definition) is 0. The Balaban J connectivity index is 2.05. The number of anilines is 1. The molecule has 0 unspecified atom stereocenters. The van der Waals surface area contributed by atoms with E-state index in [0.29, 0.717) is 5.92 Å². The van der Waals surface area contributed by atoms with Gasteiger partial charge < -0.3 is 4.90 Å². The van der Waals surface area contributed by atoms with Crippen molar-refractivity contribution >= 4 is 22.8 Å². The van der Waals surface area contributed by atoms with Crippen molar-refractivity contribution in [3.05, 3.63) is 10.6 Å². The molecule has 106 valence electrons. The second-order valence-corrected chi connectivity index (χ2v) is 6.75. The van der Waals surface area contributed by atoms with Crippen LogP contribution in [0.1, 0.15) is 67.7 Å². The molecule has 0 spiro atoms. The number of piperidine rings is 1. The predicted molar refractivity (Wildman–Crippen MR) is 81.4 cm³/mol. The Hall–Kier alpha value is -0.900. The maximum atomic E-state index is 11.1. The maximum absolute atomic E-state index is 11.1. The van der Waals surface area contributed by atoms with Gasteiger partial charge in [0.2, 0.25) is 0 Å². The topological polar surface area (TPSA) is 33.2 Å². The van der Waals surface area contributed by atoms with Crippen LogP contribution in [0, 0.1) is 5.92 Å². The molecule has 3 nitrogen and oxygen atoms in total. The molecule has 1 aliphatic heterocycles. The first-order valence-corrected chi connectivity index (χ1v) is 8.18. The van der Waals surface area contributed by atoms with Crippen LogP contribution in [0.5, 0.6) is 0 Å². The fourth-order valence-electron chi connectivity index (χ4n) is 2.79. The Morgan fingerprint density at radius 2 is 2.11 bits per heavy atom.